The molecule has 2 aromatic carbocycles. The number of fused-ring (bicyclic) bond motifs is 2. The number of carbonyl (C=O) groups excluding carboxylic acids is 1. The van der Waals surface area contributed by atoms with Crippen molar-refractivity contribution in [3.05, 3.63) is 66.4 Å². The first-order valence-corrected chi connectivity index (χ1v) is 8.90. The highest BCUT2D eigenvalue weighted by Crippen LogP contribution is 2.43. The number of aromatic nitrogens is 1. The number of carbonyl (C=O) groups is 1. The second-order valence-corrected chi connectivity index (χ2v) is 7.14. The monoisotopic (exact) mass is 330 g/mol. The quantitative estimate of drug-likeness (QED) is 0.656. The molecule has 25 heavy (non-hydrogen) atoms. The van der Waals surface area contributed by atoms with E-state index >= 15 is 0 Å². The highest BCUT2D eigenvalue weighted by molar-refractivity contribution is 6.07. The van der Waals surface area contributed by atoms with Gasteiger partial charge in [-0.3, -0.25) is 14.7 Å². The van der Waals surface area contributed by atoms with Crippen LogP contribution >= 0.6 is 0 Å². The first kappa shape index (κ1) is 15.8. The number of amides is 1. The Morgan fingerprint density at radius 1 is 1.12 bits per heavy atom. The van der Waals surface area contributed by atoms with Crippen LogP contribution in [-0.4, -0.2) is 10.9 Å². The van der Waals surface area contributed by atoms with Gasteiger partial charge < -0.3 is 0 Å². The van der Waals surface area contributed by atoms with Crippen molar-refractivity contribution in [2.24, 2.45) is 5.41 Å². The summed E-state index contributed by atoms with van der Waals surface area (Å²) in [5.74, 6) is 0.171. The summed E-state index contributed by atoms with van der Waals surface area (Å²) in [5.41, 5.74) is 3.64. The van der Waals surface area contributed by atoms with Gasteiger partial charge in [-0.1, -0.05) is 56.7 Å². The number of nitrogens with zero attached hydrogens (tertiary/aromatic N) is 2. The first-order valence-electron chi connectivity index (χ1n) is 8.90. The van der Waals surface area contributed by atoms with E-state index in [0.717, 1.165) is 41.5 Å². The van der Waals surface area contributed by atoms with Gasteiger partial charge in [0.15, 0.2) is 0 Å². The smallest absolute Gasteiger partial charge is 0.237 e. The summed E-state index contributed by atoms with van der Waals surface area (Å²) in [5, 5.41) is 1.05. The third kappa shape index (κ3) is 2.60. The Morgan fingerprint density at radius 3 is 2.72 bits per heavy atom. The molecule has 1 atom stereocenters. The van der Waals surface area contributed by atoms with Crippen LogP contribution in [0.25, 0.3) is 10.9 Å². The van der Waals surface area contributed by atoms with Crippen LogP contribution in [0.15, 0.2) is 60.8 Å². The van der Waals surface area contributed by atoms with E-state index < -0.39 is 0 Å². The van der Waals surface area contributed by atoms with E-state index in [1.165, 1.54) is 5.56 Å². The van der Waals surface area contributed by atoms with Crippen LogP contribution in [0.1, 0.15) is 32.3 Å². The number of hydrogen-bond acceptors (Lipinski definition) is 2. The molecule has 1 aliphatic rings. The number of para-hydroxylation sites is 2. The van der Waals surface area contributed by atoms with Crippen LogP contribution < -0.4 is 4.90 Å². The highest BCUT2D eigenvalue weighted by Gasteiger charge is 2.42. The summed E-state index contributed by atoms with van der Waals surface area (Å²) in [7, 11) is 0. The molecule has 126 valence electrons. The minimum atomic E-state index is -0.366. The van der Waals surface area contributed by atoms with Crippen LogP contribution in [0.3, 0.4) is 0 Å². The van der Waals surface area contributed by atoms with Gasteiger partial charge in [-0.15, -0.1) is 0 Å². The molecule has 4 rings (SSSR count). The maximum atomic E-state index is 13.4. The molecule has 0 bridgehead atoms. The molecule has 1 unspecified atom stereocenters. The minimum Gasteiger partial charge on any atom is -0.279 e. The maximum absolute atomic E-state index is 13.4. The molecule has 0 radical (unpaired) electrons. The molecular formula is C22H22N2O. The standard InChI is InChI=1S/C22H22N2O/c1-3-12-22(2)14-17-9-5-7-11-20(17)24(21(22)25)18-13-16-8-4-6-10-19(16)23-15-18/h4-11,13,15H,3,12,14H2,1-2H3. The van der Waals surface area contributed by atoms with Crippen LogP contribution in [0, 0.1) is 5.41 Å². The summed E-state index contributed by atoms with van der Waals surface area (Å²) < 4.78 is 0. The Bertz CT molecular complexity index is 949. The number of anilines is 2. The minimum absolute atomic E-state index is 0.171. The molecule has 3 heteroatoms. The summed E-state index contributed by atoms with van der Waals surface area (Å²) >= 11 is 0. The number of benzene rings is 2. The number of pyridine rings is 1. The molecular weight excluding hydrogens is 308 g/mol. The molecule has 0 N–H and O–H groups in total. The lowest BCUT2D eigenvalue weighted by Crippen LogP contribution is -2.45. The summed E-state index contributed by atoms with van der Waals surface area (Å²) in [4.78, 5) is 19.9. The molecule has 1 aliphatic heterocycles. The topological polar surface area (TPSA) is 33.2 Å². The molecule has 3 nitrogen and oxygen atoms in total. The van der Waals surface area contributed by atoms with Crippen molar-refractivity contribution in [3.8, 4) is 0 Å². The van der Waals surface area contributed by atoms with Crippen LogP contribution in [0.5, 0.6) is 0 Å². The Kier molecular flexibility index (Phi) is 3.79. The normalized spacial score (nSPS) is 19.9. The molecule has 0 spiro atoms. The largest absolute Gasteiger partial charge is 0.279 e. The van der Waals surface area contributed by atoms with Crippen molar-refractivity contribution >= 4 is 28.2 Å². The lowest BCUT2D eigenvalue weighted by Gasteiger charge is -2.40. The van der Waals surface area contributed by atoms with E-state index in [-0.39, 0.29) is 11.3 Å². The highest BCUT2D eigenvalue weighted by atomic mass is 16.2. The van der Waals surface area contributed by atoms with Gasteiger partial charge >= 0.3 is 0 Å². The molecule has 1 aromatic heterocycles. The van der Waals surface area contributed by atoms with Gasteiger partial charge in [0.05, 0.1) is 28.5 Å². The lowest BCUT2D eigenvalue weighted by atomic mass is 9.75. The van der Waals surface area contributed by atoms with Crippen molar-refractivity contribution in [1.82, 2.24) is 4.98 Å². The Balaban J connectivity index is 1.89. The van der Waals surface area contributed by atoms with Gasteiger partial charge in [0.2, 0.25) is 5.91 Å². The predicted molar refractivity (Wildman–Crippen MR) is 102 cm³/mol. The molecule has 0 saturated carbocycles. The molecule has 1 amide bonds. The van der Waals surface area contributed by atoms with Gasteiger partial charge in [-0.2, -0.15) is 0 Å². The molecule has 0 fully saturated rings. The fourth-order valence-electron chi connectivity index (χ4n) is 3.94. The zero-order chi connectivity index (χ0) is 17.4. The van der Waals surface area contributed by atoms with Crippen LogP contribution in [0.4, 0.5) is 11.4 Å². The SMILES string of the molecule is CCCC1(C)Cc2ccccc2N(c2cnc3ccccc3c2)C1=O. The van der Waals surface area contributed by atoms with Gasteiger partial charge in [-0.05, 0) is 36.6 Å². The average Bonchev–Trinajstić information content (AvgIpc) is 2.63. The van der Waals surface area contributed by atoms with Crippen LogP contribution in [-0.2, 0) is 11.2 Å². The molecule has 0 aliphatic carbocycles. The Labute approximate surface area is 148 Å². The van der Waals surface area contributed by atoms with E-state index in [2.05, 4.69) is 37.0 Å². The van der Waals surface area contributed by atoms with E-state index in [0.29, 0.717) is 0 Å². The zero-order valence-corrected chi connectivity index (χ0v) is 14.7. The van der Waals surface area contributed by atoms with Crippen molar-refractivity contribution in [1.29, 1.82) is 0 Å². The zero-order valence-electron chi connectivity index (χ0n) is 14.7. The van der Waals surface area contributed by atoms with Crippen molar-refractivity contribution in [3.63, 3.8) is 0 Å². The summed E-state index contributed by atoms with van der Waals surface area (Å²) in [6, 6.07) is 18.3. The Hall–Kier alpha value is -2.68. The molecule has 0 saturated heterocycles. The van der Waals surface area contributed by atoms with Crippen molar-refractivity contribution in [2.45, 2.75) is 33.1 Å². The summed E-state index contributed by atoms with van der Waals surface area (Å²) in [6.07, 6.45) is 4.49. The lowest BCUT2D eigenvalue weighted by molar-refractivity contribution is -0.127. The van der Waals surface area contributed by atoms with Crippen LogP contribution in [0.2, 0.25) is 0 Å². The van der Waals surface area contributed by atoms with Gasteiger partial charge in [-0.25, -0.2) is 0 Å². The van der Waals surface area contributed by atoms with E-state index in [1.807, 2.05) is 47.5 Å². The Morgan fingerprint density at radius 2 is 1.88 bits per heavy atom. The van der Waals surface area contributed by atoms with E-state index in [9.17, 15) is 4.79 Å². The molecule has 2 heterocycles. The second kappa shape index (κ2) is 5.99. The first-order chi connectivity index (χ1) is 12.1. The maximum Gasteiger partial charge on any atom is 0.237 e. The summed E-state index contributed by atoms with van der Waals surface area (Å²) in [6.45, 7) is 4.23. The second-order valence-electron chi connectivity index (χ2n) is 7.14. The van der Waals surface area contributed by atoms with Crippen molar-refractivity contribution < 1.29 is 4.79 Å². The van der Waals surface area contributed by atoms with Crippen molar-refractivity contribution in [2.75, 3.05) is 4.90 Å². The number of hydrogen-bond donors (Lipinski definition) is 0. The fourth-order valence-corrected chi connectivity index (χ4v) is 3.94. The van der Waals surface area contributed by atoms with Gasteiger partial charge in [0.1, 0.15) is 0 Å². The molecule has 3 aromatic rings. The van der Waals surface area contributed by atoms with Gasteiger partial charge in [0.25, 0.3) is 0 Å². The number of rotatable bonds is 3. The third-order valence-electron chi connectivity index (χ3n) is 5.17. The van der Waals surface area contributed by atoms with E-state index in [1.54, 1.807) is 0 Å². The third-order valence-corrected chi connectivity index (χ3v) is 5.17. The van der Waals surface area contributed by atoms with E-state index in [4.69, 9.17) is 0 Å². The predicted octanol–water partition coefficient (Wildman–Crippen LogP) is 5.26. The average molecular weight is 330 g/mol. The van der Waals surface area contributed by atoms with Gasteiger partial charge in [0, 0.05) is 5.39 Å². The fraction of sp³-hybridized carbons (Fsp3) is 0.273.